The Morgan fingerprint density at radius 2 is 2.04 bits per heavy atom. The van der Waals surface area contributed by atoms with Gasteiger partial charge in [0.05, 0.1) is 0 Å². The minimum absolute atomic E-state index is 0.0468. The van der Waals surface area contributed by atoms with Gasteiger partial charge in [-0.2, -0.15) is 13.2 Å². The van der Waals surface area contributed by atoms with Gasteiger partial charge in [0.1, 0.15) is 12.1 Å². The number of aromatic nitrogens is 1. The number of amides is 1. The number of H-pyrrole nitrogens is 1. The Kier molecular flexibility index (Phi) is 4.45. The summed E-state index contributed by atoms with van der Waals surface area (Å²) >= 11 is 0. The van der Waals surface area contributed by atoms with Gasteiger partial charge in [-0.1, -0.05) is 13.8 Å². The molecule has 4 nitrogen and oxygen atoms in total. The summed E-state index contributed by atoms with van der Waals surface area (Å²) in [6.07, 6.45) is -0.237. The topological polar surface area (TPSA) is 53.2 Å². The van der Waals surface area contributed by atoms with Crippen molar-refractivity contribution >= 4 is 5.91 Å². The average Bonchev–Trinajstić information content (AvgIpc) is 2.42. The molecule has 2 aliphatic rings. The zero-order valence-corrected chi connectivity index (χ0v) is 14.5. The zero-order valence-electron chi connectivity index (χ0n) is 14.5. The van der Waals surface area contributed by atoms with Crippen LogP contribution in [0.4, 0.5) is 13.2 Å². The SMILES string of the molecule is CC1(C)CCc2[nH]c(=O)c(C(=O)N(CC(F)(F)F)C3CCC3)cc2C1. The number of alkyl halides is 3. The van der Waals surface area contributed by atoms with E-state index in [-0.39, 0.29) is 11.0 Å². The van der Waals surface area contributed by atoms with Crippen molar-refractivity contribution in [3.63, 3.8) is 0 Å². The summed E-state index contributed by atoms with van der Waals surface area (Å²) in [5, 5.41) is 0. The average molecular weight is 356 g/mol. The maximum Gasteiger partial charge on any atom is 0.406 e. The van der Waals surface area contributed by atoms with Crippen LogP contribution in [0.25, 0.3) is 0 Å². The third-order valence-electron chi connectivity index (χ3n) is 5.29. The second-order valence-electron chi connectivity index (χ2n) is 7.99. The standard InChI is InChI=1S/C18H23F3N2O2/c1-17(2)7-6-14-11(9-17)8-13(15(24)22-14)16(25)23(10-18(19,20)21)12-4-3-5-12/h8,12H,3-7,9-10H2,1-2H3,(H,22,24). The van der Waals surface area contributed by atoms with Crippen LogP contribution in [0.3, 0.4) is 0 Å². The number of hydrogen-bond acceptors (Lipinski definition) is 2. The molecule has 0 radical (unpaired) electrons. The number of aromatic amines is 1. The lowest BCUT2D eigenvalue weighted by molar-refractivity contribution is -0.147. The molecule has 1 aromatic heterocycles. The van der Waals surface area contributed by atoms with E-state index in [4.69, 9.17) is 0 Å². The van der Waals surface area contributed by atoms with Crippen molar-refractivity contribution in [3.8, 4) is 0 Å². The fourth-order valence-electron chi connectivity index (χ4n) is 3.63. The lowest BCUT2D eigenvalue weighted by atomic mass is 9.76. The monoisotopic (exact) mass is 356 g/mol. The normalized spacial score (nSPS) is 19.9. The number of halogens is 3. The van der Waals surface area contributed by atoms with Crippen LogP contribution in [0, 0.1) is 5.41 Å². The number of carbonyl (C=O) groups is 1. The summed E-state index contributed by atoms with van der Waals surface area (Å²) in [5.74, 6) is -0.811. The molecule has 1 amide bonds. The van der Waals surface area contributed by atoms with E-state index in [0.29, 0.717) is 25.7 Å². The van der Waals surface area contributed by atoms with Gasteiger partial charge in [-0.25, -0.2) is 0 Å². The molecule has 0 bridgehead atoms. The van der Waals surface area contributed by atoms with E-state index in [1.807, 2.05) is 0 Å². The number of nitrogens with zero attached hydrogens (tertiary/aromatic N) is 1. The molecule has 3 rings (SSSR count). The Labute approximate surface area is 144 Å². The molecule has 138 valence electrons. The highest BCUT2D eigenvalue weighted by Gasteiger charge is 2.39. The summed E-state index contributed by atoms with van der Waals surface area (Å²) in [6.45, 7) is 2.90. The molecular formula is C18H23F3N2O2. The largest absolute Gasteiger partial charge is 0.406 e. The minimum atomic E-state index is -4.48. The Hall–Kier alpha value is -1.79. The smallest absolute Gasteiger partial charge is 0.326 e. The lowest BCUT2D eigenvalue weighted by Gasteiger charge is -2.38. The van der Waals surface area contributed by atoms with Gasteiger partial charge in [0, 0.05) is 11.7 Å². The van der Waals surface area contributed by atoms with Gasteiger partial charge in [0.15, 0.2) is 0 Å². The molecule has 0 spiro atoms. The number of rotatable bonds is 3. The van der Waals surface area contributed by atoms with Crippen molar-refractivity contribution < 1.29 is 18.0 Å². The zero-order chi connectivity index (χ0) is 18.4. The first-order valence-corrected chi connectivity index (χ1v) is 8.68. The minimum Gasteiger partial charge on any atom is -0.326 e. The van der Waals surface area contributed by atoms with Crippen LogP contribution < -0.4 is 5.56 Å². The number of fused-ring (bicyclic) bond motifs is 1. The molecule has 0 atom stereocenters. The van der Waals surface area contributed by atoms with E-state index in [2.05, 4.69) is 18.8 Å². The number of pyridine rings is 1. The van der Waals surface area contributed by atoms with Gasteiger partial charge >= 0.3 is 6.18 Å². The summed E-state index contributed by atoms with van der Waals surface area (Å²) in [5.41, 5.74) is 0.944. The van der Waals surface area contributed by atoms with E-state index in [9.17, 15) is 22.8 Å². The van der Waals surface area contributed by atoms with Crippen LogP contribution in [0.15, 0.2) is 10.9 Å². The summed E-state index contributed by atoms with van der Waals surface area (Å²) < 4.78 is 38.7. The third kappa shape index (κ3) is 3.90. The Morgan fingerprint density at radius 3 is 2.60 bits per heavy atom. The molecule has 1 aromatic rings. The number of aryl methyl sites for hydroxylation is 1. The molecule has 0 aromatic carbocycles. The Morgan fingerprint density at radius 1 is 1.36 bits per heavy atom. The van der Waals surface area contributed by atoms with Gasteiger partial charge in [-0.3, -0.25) is 9.59 Å². The predicted molar refractivity (Wildman–Crippen MR) is 87.6 cm³/mol. The van der Waals surface area contributed by atoms with Crippen molar-refractivity contribution in [2.45, 2.75) is 64.6 Å². The maximum atomic E-state index is 12.9. The van der Waals surface area contributed by atoms with Gasteiger partial charge in [-0.05, 0) is 55.6 Å². The van der Waals surface area contributed by atoms with Gasteiger partial charge in [0.25, 0.3) is 11.5 Å². The molecule has 1 N–H and O–H groups in total. The van der Waals surface area contributed by atoms with E-state index in [1.165, 1.54) is 6.07 Å². The molecule has 25 heavy (non-hydrogen) atoms. The highest BCUT2D eigenvalue weighted by molar-refractivity contribution is 5.94. The van der Waals surface area contributed by atoms with Crippen LogP contribution >= 0.6 is 0 Å². The van der Waals surface area contributed by atoms with Crippen LogP contribution in [-0.4, -0.2) is 34.6 Å². The van der Waals surface area contributed by atoms with E-state index in [0.717, 1.165) is 29.0 Å². The second kappa shape index (κ2) is 6.18. The lowest BCUT2D eigenvalue weighted by Crippen LogP contribution is -2.49. The quantitative estimate of drug-likeness (QED) is 0.902. The highest BCUT2D eigenvalue weighted by atomic mass is 19.4. The van der Waals surface area contributed by atoms with Gasteiger partial charge in [0.2, 0.25) is 0 Å². The fourth-order valence-corrected chi connectivity index (χ4v) is 3.63. The number of nitrogens with one attached hydrogen (secondary N) is 1. The van der Waals surface area contributed by atoms with Crippen LogP contribution in [0.5, 0.6) is 0 Å². The van der Waals surface area contributed by atoms with Crippen molar-refractivity contribution in [1.82, 2.24) is 9.88 Å². The summed E-state index contributed by atoms with van der Waals surface area (Å²) in [6, 6.07) is 1.08. The Bertz CT molecular complexity index is 733. The second-order valence-corrected chi connectivity index (χ2v) is 7.99. The van der Waals surface area contributed by atoms with Crippen LogP contribution in [0.1, 0.15) is 61.1 Å². The third-order valence-corrected chi connectivity index (χ3v) is 5.29. The highest BCUT2D eigenvalue weighted by Crippen LogP contribution is 2.34. The molecule has 1 heterocycles. The summed E-state index contributed by atoms with van der Waals surface area (Å²) in [7, 11) is 0. The first-order valence-electron chi connectivity index (χ1n) is 8.68. The molecule has 2 aliphatic carbocycles. The fraction of sp³-hybridized carbons (Fsp3) is 0.667. The number of hydrogen-bond donors (Lipinski definition) is 1. The van der Waals surface area contributed by atoms with Crippen molar-refractivity contribution in [2.24, 2.45) is 5.41 Å². The molecule has 0 saturated heterocycles. The van der Waals surface area contributed by atoms with E-state index < -0.39 is 30.2 Å². The van der Waals surface area contributed by atoms with Gasteiger partial charge < -0.3 is 9.88 Å². The van der Waals surface area contributed by atoms with Gasteiger partial charge in [-0.15, -0.1) is 0 Å². The molecule has 7 heteroatoms. The molecule has 1 saturated carbocycles. The summed E-state index contributed by atoms with van der Waals surface area (Å²) in [4.78, 5) is 28.6. The van der Waals surface area contributed by atoms with E-state index >= 15 is 0 Å². The molecule has 0 aliphatic heterocycles. The number of carbonyl (C=O) groups excluding carboxylic acids is 1. The first-order chi connectivity index (χ1) is 11.6. The van der Waals surface area contributed by atoms with E-state index in [1.54, 1.807) is 0 Å². The predicted octanol–water partition coefficient (Wildman–Crippen LogP) is 3.45. The van der Waals surface area contributed by atoms with Crippen LogP contribution in [-0.2, 0) is 12.8 Å². The van der Waals surface area contributed by atoms with Crippen molar-refractivity contribution in [2.75, 3.05) is 6.54 Å². The molecule has 0 unspecified atom stereocenters. The van der Waals surface area contributed by atoms with Crippen molar-refractivity contribution in [3.05, 3.63) is 33.2 Å². The van der Waals surface area contributed by atoms with Crippen LogP contribution in [0.2, 0.25) is 0 Å². The molecule has 1 fully saturated rings. The Balaban J connectivity index is 1.93. The first kappa shape index (κ1) is 18.0. The maximum absolute atomic E-state index is 12.9. The molecular weight excluding hydrogens is 333 g/mol. The van der Waals surface area contributed by atoms with Crippen molar-refractivity contribution in [1.29, 1.82) is 0 Å².